The van der Waals surface area contributed by atoms with Crippen LogP contribution in [-0.2, 0) is 0 Å². The first kappa shape index (κ1) is 16.6. The van der Waals surface area contributed by atoms with Crippen molar-refractivity contribution >= 4 is 17.2 Å². The molecule has 0 bridgehead atoms. The first-order valence-corrected chi connectivity index (χ1v) is 8.38. The van der Waals surface area contributed by atoms with Gasteiger partial charge in [0.15, 0.2) is 0 Å². The number of nitrogens with one attached hydrogen (secondary N) is 1. The Balaban J connectivity index is 1.96. The van der Waals surface area contributed by atoms with Gasteiger partial charge < -0.3 is 10.4 Å². The quantitative estimate of drug-likeness (QED) is 0.859. The summed E-state index contributed by atoms with van der Waals surface area (Å²) in [6.45, 7) is 6.24. The first-order valence-electron chi connectivity index (χ1n) is 7.50. The monoisotopic (exact) mass is 318 g/mol. The van der Waals surface area contributed by atoms with Crippen LogP contribution in [0.25, 0.3) is 10.6 Å². The third kappa shape index (κ3) is 4.15. The van der Waals surface area contributed by atoms with Crippen molar-refractivity contribution in [3.8, 4) is 10.6 Å². The zero-order chi connectivity index (χ0) is 16.1. The molecule has 0 aliphatic heterocycles. The number of thiazole rings is 1. The lowest BCUT2D eigenvalue weighted by Gasteiger charge is -2.17. The molecular formula is C17H22N2O2S. The number of aliphatic hydroxyl groups excluding tert-OH is 1. The van der Waals surface area contributed by atoms with Crippen molar-refractivity contribution in [2.24, 2.45) is 5.92 Å². The maximum Gasteiger partial charge on any atom is 0.251 e. The molecule has 0 spiro atoms. The SMILES string of the molecule is CCC(C)C(O)CNC(=O)c1ccc(-c2nc(C)cs2)cc1. The van der Waals surface area contributed by atoms with Crippen LogP contribution in [0.2, 0.25) is 0 Å². The van der Waals surface area contributed by atoms with E-state index in [0.29, 0.717) is 5.56 Å². The Morgan fingerprint density at radius 3 is 2.59 bits per heavy atom. The molecule has 2 unspecified atom stereocenters. The minimum Gasteiger partial charge on any atom is -0.391 e. The van der Waals surface area contributed by atoms with Gasteiger partial charge in [-0.05, 0) is 25.0 Å². The highest BCUT2D eigenvalue weighted by molar-refractivity contribution is 7.13. The van der Waals surface area contributed by atoms with Crippen molar-refractivity contribution in [2.75, 3.05) is 6.54 Å². The highest BCUT2D eigenvalue weighted by atomic mass is 32.1. The van der Waals surface area contributed by atoms with Gasteiger partial charge in [-0.2, -0.15) is 0 Å². The average molecular weight is 318 g/mol. The van der Waals surface area contributed by atoms with E-state index in [2.05, 4.69) is 10.3 Å². The second kappa shape index (κ2) is 7.51. The highest BCUT2D eigenvalue weighted by Crippen LogP contribution is 2.23. The van der Waals surface area contributed by atoms with Crippen LogP contribution in [0.15, 0.2) is 29.6 Å². The van der Waals surface area contributed by atoms with Gasteiger partial charge >= 0.3 is 0 Å². The van der Waals surface area contributed by atoms with Gasteiger partial charge in [0, 0.05) is 28.7 Å². The molecule has 22 heavy (non-hydrogen) atoms. The average Bonchev–Trinajstić information content (AvgIpc) is 2.98. The van der Waals surface area contributed by atoms with Crippen molar-refractivity contribution < 1.29 is 9.90 Å². The number of benzene rings is 1. The largest absolute Gasteiger partial charge is 0.391 e. The van der Waals surface area contributed by atoms with Crippen LogP contribution in [0.1, 0.15) is 36.3 Å². The van der Waals surface area contributed by atoms with Crippen LogP contribution in [0, 0.1) is 12.8 Å². The smallest absolute Gasteiger partial charge is 0.251 e. The number of aromatic nitrogens is 1. The van der Waals surface area contributed by atoms with E-state index in [0.717, 1.165) is 22.7 Å². The molecule has 1 amide bonds. The van der Waals surface area contributed by atoms with Gasteiger partial charge in [0.05, 0.1) is 6.10 Å². The molecule has 5 heteroatoms. The van der Waals surface area contributed by atoms with Gasteiger partial charge in [0.25, 0.3) is 5.91 Å². The molecule has 4 nitrogen and oxygen atoms in total. The number of hydrogen-bond acceptors (Lipinski definition) is 4. The van der Waals surface area contributed by atoms with Crippen LogP contribution >= 0.6 is 11.3 Å². The van der Waals surface area contributed by atoms with E-state index < -0.39 is 6.10 Å². The topological polar surface area (TPSA) is 62.2 Å². The number of rotatable bonds is 6. The number of aliphatic hydroxyl groups is 1. The van der Waals surface area contributed by atoms with E-state index in [1.54, 1.807) is 23.5 Å². The van der Waals surface area contributed by atoms with Gasteiger partial charge in [0.1, 0.15) is 5.01 Å². The van der Waals surface area contributed by atoms with Gasteiger partial charge in [-0.25, -0.2) is 4.98 Å². The molecule has 0 fully saturated rings. The maximum atomic E-state index is 12.1. The lowest BCUT2D eigenvalue weighted by molar-refractivity contribution is 0.0850. The standard InChI is InChI=1S/C17H22N2O2S/c1-4-11(2)15(20)9-18-16(21)13-5-7-14(8-6-13)17-19-12(3)10-22-17/h5-8,10-11,15,20H,4,9H2,1-3H3,(H,18,21). The molecule has 0 aliphatic rings. The Bertz CT molecular complexity index is 622. The Morgan fingerprint density at radius 1 is 1.36 bits per heavy atom. The van der Waals surface area contributed by atoms with E-state index in [1.165, 1.54) is 0 Å². The molecule has 118 valence electrons. The highest BCUT2D eigenvalue weighted by Gasteiger charge is 2.14. The Morgan fingerprint density at radius 2 is 2.05 bits per heavy atom. The molecule has 2 atom stereocenters. The van der Waals surface area contributed by atoms with Crippen molar-refractivity contribution in [3.63, 3.8) is 0 Å². The van der Waals surface area contributed by atoms with E-state index >= 15 is 0 Å². The van der Waals surface area contributed by atoms with E-state index in [-0.39, 0.29) is 18.4 Å². The zero-order valence-corrected chi connectivity index (χ0v) is 14.0. The van der Waals surface area contributed by atoms with Crippen molar-refractivity contribution in [1.82, 2.24) is 10.3 Å². The van der Waals surface area contributed by atoms with Gasteiger partial charge in [-0.3, -0.25) is 4.79 Å². The number of aryl methyl sites for hydroxylation is 1. The third-order valence-electron chi connectivity index (χ3n) is 3.79. The fourth-order valence-electron chi connectivity index (χ4n) is 2.02. The Hall–Kier alpha value is -1.72. The van der Waals surface area contributed by atoms with Crippen LogP contribution < -0.4 is 5.32 Å². The summed E-state index contributed by atoms with van der Waals surface area (Å²) in [6.07, 6.45) is 0.380. The lowest BCUT2D eigenvalue weighted by atomic mass is 10.0. The molecule has 1 heterocycles. The summed E-state index contributed by atoms with van der Waals surface area (Å²) in [6, 6.07) is 7.38. The minimum atomic E-state index is -0.508. The summed E-state index contributed by atoms with van der Waals surface area (Å²) in [5.41, 5.74) is 2.60. The zero-order valence-electron chi connectivity index (χ0n) is 13.2. The number of amides is 1. The summed E-state index contributed by atoms with van der Waals surface area (Å²) in [7, 11) is 0. The third-order valence-corrected chi connectivity index (χ3v) is 4.79. The van der Waals surface area contributed by atoms with Crippen molar-refractivity contribution in [3.05, 3.63) is 40.9 Å². The normalized spacial score (nSPS) is 13.6. The van der Waals surface area contributed by atoms with Crippen LogP contribution in [-0.4, -0.2) is 28.6 Å². The molecule has 2 N–H and O–H groups in total. The van der Waals surface area contributed by atoms with Gasteiger partial charge in [0.2, 0.25) is 0 Å². The number of carbonyl (C=O) groups excluding carboxylic acids is 1. The lowest BCUT2D eigenvalue weighted by Crippen LogP contribution is -2.35. The minimum absolute atomic E-state index is 0.163. The number of hydrogen-bond donors (Lipinski definition) is 2. The fraction of sp³-hybridized carbons (Fsp3) is 0.412. The van der Waals surface area contributed by atoms with Crippen LogP contribution in [0.3, 0.4) is 0 Å². The van der Waals surface area contributed by atoms with Gasteiger partial charge in [-0.15, -0.1) is 11.3 Å². The molecule has 0 saturated carbocycles. The second-order valence-corrected chi connectivity index (χ2v) is 6.39. The summed E-state index contributed by atoms with van der Waals surface area (Å²) in [5, 5.41) is 15.6. The number of carbonyl (C=O) groups is 1. The first-order chi connectivity index (χ1) is 10.5. The Kier molecular flexibility index (Phi) is 5.69. The predicted molar refractivity (Wildman–Crippen MR) is 90.1 cm³/mol. The molecular weight excluding hydrogens is 296 g/mol. The van der Waals surface area contributed by atoms with E-state index in [1.807, 2.05) is 38.3 Å². The molecule has 0 aliphatic carbocycles. The summed E-state index contributed by atoms with van der Waals surface area (Å²) in [5.74, 6) is 0.0139. The summed E-state index contributed by atoms with van der Waals surface area (Å²) >= 11 is 1.59. The predicted octanol–water partition coefficient (Wildman–Crippen LogP) is 3.26. The van der Waals surface area contributed by atoms with Gasteiger partial charge in [-0.1, -0.05) is 32.4 Å². The van der Waals surface area contributed by atoms with Crippen molar-refractivity contribution in [2.45, 2.75) is 33.3 Å². The summed E-state index contributed by atoms with van der Waals surface area (Å²) in [4.78, 5) is 16.5. The van der Waals surface area contributed by atoms with Crippen LogP contribution in [0.5, 0.6) is 0 Å². The van der Waals surface area contributed by atoms with E-state index in [9.17, 15) is 9.90 Å². The maximum absolute atomic E-state index is 12.1. The molecule has 0 saturated heterocycles. The molecule has 1 aromatic heterocycles. The molecule has 1 aromatic carbocycles. The fourth-order valence-corrected chi connectivity index (χ4v) is 2.83. The molecule has 0 radical (unpaired) electrons. The summed E-state index contributed by atoms with van der Waals surface area (Å²) < 4.78 is 0. The Labute approximate surface area is 135 Å². The number of nitrogens with zero attached hydrogens (tertiary/aromatic N) is 1. The van der Waals surface area contributed by atoms with Crippen molar-refractivity contribution in [1.29, 1.82) is 0 Å². The molecule has 2 rings (SSSR count). The molecule has 2 aromatic rings. The van der Waals surface area contributed by atoms with Crippen LogP contribution in [0.4, 0.5) is 0 Å². The second-order valence-electron chi connectivity index (χ2n) is 5.53. The van der Waals surface area contributed by atoms with E-state index in [4.69, 9.17) is 0 Å².